The van der Waals surface area contributed by atoms with Gasteiger partial charge in [0.15, 0.2) is 0 Å². The van der Waals surface area contributed by atoms with Crippen molar-refractivity contribution in [2.24, 2.45) is 17.3 Å². The molecular formula is C15H27N. The number of allylic oxidation sites excluding steroid dienone is 3. The van der Waals surface area contributed by atoms with Crippen LogP contribution < -0.4 is 5.32 Å². The lowest BCUT2D eigenvalue weighted by Gasteiger charge is -2.38. The topological polar surface area (TPSA) is 12.0 Å². The summed E-state index contributed by atoms with van der Waals surface area (Å²) in [6, 6.07) is 0.457. The van der Waals surface area contributed by atoms with Crippen molar-refractivity contribution in [3.8, 4) is 0 Å². The minimum absolute atomic E-state index is 0.256. The van der Waals surface area contributed by atoms with Crippen molar-refractivity contribution in [2.45, 2.75) is 54.5 Å². The largest absolute Gasteiger partial charge is 0.383 e. The van der Waals surface area contributed by atoms with Gasteiger partial charge in [-0.25, -0.2) is 0 Å². The number of nitrogens with one attached hydrogen (secondary N) is 1. The Bertz CT molecular complexity index is 307. The van der Waals surface area contributed by atoms with Gasteiger partial charge in [0, 0.05) is 11.7 Å². The third-order valence-corrected chi connectivity index (χ3v) is 4.14. The maximum Gasteiger partial charge on any atom is 0.0418 e. The molecule has 1 heteroatoms. The summed E-state index contributed by atoms with van der Waals surface area (Å²) in [5.41, 5.74) is 3.03. The van der Waals surface area contributed by atoms with E-state index >= 15 is 0 Å². The van der Waals surface area contributed by atoms with Crippen LogP contribution in [0.5, 0.6) is 0 Å². The van der Waals surface area contributed by atoms with Crippen LogP contribution in [-0.4, -0.2) is 6.04 Å². The van der Waals surface area contributed by atoms with E-state index in [9.17, 15) is 0 Å². The van der Waals surface area contributed by atoms with Gasteiger partial charge >= 0.3 is 0 Å². The molecule has 0 saturated heterocycles. The molecule has 0 radical (unpaired) electrons. The van der Waals surface area contributed by atoms with Crippen molar-refractivity contribution < 1.29 is 0 Å². The molecule has 0 aromatic heterocycles. The van der Waals surface area contributed by atoms with E-state index in [1.54, 1.807) is 0 Å². The summed E-state index contributed by atoms with van der Waals surface area (Å²) in [6.45, 7) is 16.1. The standard InChI is InChI=1S/C15H27N/c1-10(2)13(5)15(6,7)14-8-11(3)16-12(4)9-14/h8-11,13,16H,1-7H3. The van der Waals surface area contributed by atoms with Crippen LogP contribution >= 0.6 is 0 Å². The fraction of sp³-hybridized carbons (Fsp3) is 0.733. The first kappa shape index (κ1) is 13.3. The first-order valence-corrected chi connectivity index (χ1v) is 6.42. The minimum Gasteiger partial charge on any atom is -0.383 e. The fourth-order valence-corrected chi connectivity index (χ4v) is 2.49. The van der Waals surface area contributed by atoms with E-state index in [1.165, 1.54) is 11.3 Å². The van der Waals surface area contributed by atoms with Gasteiger partial charge in [-0.2, -0.15) is 0 Å². The van der Waals surface area contributed by atoms with Crippen LogP contribution in [0, 0.1) is 17.3 Å². The summed E-state index contributed by atoms with van der Waals surface area (Å²) in [4.78, 5) is 0. The molecule has 0 spiro atoms. The summed E-state index contributed by atoms with van der Waals surface area (Å²) >= 11 is 0. The van der Waals surface area contributed by atoms with Crippen LogP contribution in [0.1, 0.15) is 48.5 Å². The molecule has 1 aliphatic rings. The van der Waals surface area contributed by atoms with Crippen LogP contribution in [0.2, 0.25) is 0 Å². The lowest BCUT2D eigenvalue weighted by atomic mass is 9.68. The molecule has 92 valence electrons. The van der Waals surface area contributed by atoms with Gasteiger partial charge in [-0.15, -0.1) is 0 Å². The van der Waals surface area contributed by atoms with Crippen molar-refractivity contribution in [2.75, 3.05) is 0 Å². The summed E-state index contributed by atoms with van der Waals surface area (Å²) in [5.74, 6) is 1.41. The normalized spacial score (nSPS) is 23.6. The minimum atomic E-state index is 0.256. The second-order valence-electron chi connectivity index (χ2n) is 6.14. The average molecular weight is 221 g/mol. The second kappa shape index (κ2) is 4.65. The molecule has 1 aliphatic heterocycles. The molecule has 1 heterocycles. The van der Waals surface area contributed by atoms with E-state index in [-0.39, 0.29) is 5.41 Å². The van der Waals surface area contributed by atoms with E-state index in [2.05, 4.69) is 65.9 Å². The quantitative estimate of drug-likeness (QED) is 0.755. The highest BCUT2D eigenvalue weighted by molar-refractivity contribution is 5.33. The molecule has 2 unspecified atom stereocenters. The highest BCUT2D eigenvalue weighted by Crippen LogP contribution is 2.40. The third kappa shape index (κ3) is 2.69. The van der Waals surface area contributed by atoms with Gasteiger partial charge in [-0.1, -0.05) is 40.7 Å². The van der Waals surface area contributed by atoms with Crippen molar-refractivity contribution in [3.05, 3.63) is 23.4 Å². The maximum absolute atomic E-state index is 3.43. The van der Waals surface area contributed by atoms with E-state index in [4.69, 9.17) is 0 Å². The van der Waals surface area contributed by atoms with E-state index in [0.29, 0.717) is 12.0 Å². The third-order valence-electron chi connectivity index (χ3n) is 4.14. The highest BCUT2D eigenvalue weighted by Gasteiger charge is 2.32. The summed E-state index contributed by atoms with van der Waals surface area (Å²) in [5, 5.41) is 3.43. The zero-order valence-electron chi connectivity index (χ0n) is 11.9. The molecule has 0 aromatic carbocycles. The second-order valence-corrected chi connectivity index (χ2v) is 6.14. The van der Waals surface area contributed by atoms with E-state index in [0.717, 1.165) is 5.92 Å². The van der Waals surface area contributed by atoms with Gasteiger partial charge in [0.25, 0.3) is 0 Å². The Kier molecular flexibility index (Phi) is 3.88. The number of hydrogen-bond acceptors (Lipinski definition) is 1. The lowest BCUT2D eigenvalue weighted by Crippen LogP contribution is -2.33. The van der Waals surface area contributed by atoms with Gasteiger partial charge in [0.1, 0.15) is 0 Å². The molecule has 1 N–H and O–H groups in total. The van der Waals surface area contributed by atoms with Gasteiger partial charge < -0.3 is 5.32 Å². The van der Waals surface area contributed by atoms with Gasteiger partial charge in [0.2, 0.25) is 0 Å². The van der Waals surface area contributed by atoms with Crippen LogP contribution in [0.4, 0.5) is 0 Å². The predicted octanol–water partition coefficient (Wildman–Crippen LogP) is 4.13. The Balaban J connectivity index is 2.99. The van der Waals surface area contributed by atoms with E-state index < -0.39 is 0 Å². The molecule has 0 amide bonds. The molecular weight excluding hydrogens is 194 g/mol. The zero-order valence-corrected chi connectivity index (χ0v) is 11.9. The molecule has 0 aromatic rings. The molecule has 1 nitrogen and oxygen atoms in total. The Labute approximate surface area is 101 Å². The monoisotopic (exact) mass is 221 g/mol. The molecule has 1 rings (SSSR count). The number of hydrogen-bond donors (Lipinski definition) is 1. The van der Waals surface area contributed by atoms with Crippen LogP contribution in [-0.2, 0) is 0 Å². The molecule has 16 heavy (non-hydrogen) atoms. The summed E-state index contributed by atoms with van der Waals surface area (Å²) in [6.07, 6.45) is 4.67. The Morgan fingerprint density at radius 1 is 1.25 bits per heavy atom. The van der Waals surface area contributed by atoms with Crippen LogP contribution in [0.15, 0.2) is 23.4 Å². The maximum atomic E-state index is 3.43. The SMILES string of the molecule is CC1=CC(C(C)(C)C(C)C(C)C)=CC(C)N1. The molecule has 0 aliphatic carbocycles. The number of dihydropyridines is 1. The average Bonchev–Trinajstić information content (AvgIpc) is 2.14. The molecule has 0 saturated carbocycles. The summed E-state index contributed by atoms with van der Waals surface area (Å²) in [7, 11) is 0. The lowest BCUT2D eigenvalue weighted by molar-refractivity contribution is 0.221. The molecule has 0 fully saturated rings. The van der Waals surface area contributed by atoms with E-state index in [1.807, 2.05) is 0 Å². The van der Waals surface area contributed by atoms with Crippen molar-refractivity contribution >= 4 is 0 Å². The zero-order chi connectivity index (χ0) is 12.5. The van der Waals surface area contributed by atoms with Gasteiger partial charge in [0.05, 0.1) is 0 Å². The predicted molar refractivity (Wildman–Crippen MR) is 72.2 cm³/mol. The van der Waals surface area contributed by atoms with Crippen molar-refractivity contribution in [1.29, 1.82) is 0 Å². The van der Waals surface area contributed by atoms with Crippen LogP contribution in [0.25, 0.3) is 0 Å². The van der Waals surface area contributed by atoms with Crippen molar-refractivity contribution in [3.63, 3.8) is 0 Å². The first-order valence-electron chi connectivity index (χ1n) is 6.42. The Morgan fingerprint density at radius 3 is 2.25 bits per heavy atom. The van der Waals surface area contributed by atoms with Crippen LogP contribution in [0.3, 0.4) is 0 Å². The smallest absolute Gasteiger partial charge is 0.0418 e. The Morgan fingerprint density at radius 2 is 1.81 bits per heavy atom. The number of rotatable bonds is 3. The van der Waals surface area contributed by atoms with Gasteiger partial charge in [-0.3, -0.25) is 0 Å². The first-order chi connectivity index (χ1) is 7.25. The van der Waals surface area contributed by atoms with Gasteiger partial charge in [-0.05, 0) is 42.7 Å². The molecule has 0 bridgehead atoms. The molecule has 2 atom stereocenters. The van der Waals surface area contributed by atoms with Crippen molar-refractivity contribution in [1.82, 2.24) is 5.32 Å². The Hall–Kier alpha value is -0.720. The summed E-state index contributed by atoms with van der Waals surface area (Å²) < 4.78 is 0. The fourth-order valence-electron chi connectivity index (χ4n) is 2.49. The highest BCUT2D eigenvalue weighted by atomic mass is 14.9.